The van der Waals surface area contributed by atoms with E-state index in [1.54, 1.807) is 39.8 Å². The molecule has 3 saturated heterocycles. The number of esters is 1. The van der Waals surface area contributed by atoms with Crippen LogP contribution in [0.5, 0.6) is 0 Å². The normalized spacial score (nSPS) is 24.9. The summed E-state index contributed by atoms with van der Waals surface area (Å²) in [6.45, 7) is 18.1. The molecule has 4 aliphatic rings. The smallest absolute Gasteiger partial charge is 0.306 e. The highest BCUT2D eigenvalue weighted by atomic mass is 32.2. The molecule has 0 radical (unpaired) electrons. The lowest BCUT2D eigenvalue weighted by atomic mass is 9.82. The second-order valence-corrected chi connectivity index (χ2v) is 25.9. The fourth-order valence-corrected chi connectivity index (χ4v) is 11.6. The summed E-state index contributed by atoms with van der Waals surface area (Å²) in [5.41, 5.74) is 1.46. The Morgan fingerprint density at radius 3 is 2.00 bits per heavy atom. The number of anilines is 1. The van der Waals surface area contributed by atoms with Gasteiger partial charge in [-0.25, -0.2) is 0 Å². The van der Waals surface area contributed by atoms with E-state index in [1.165, 1.54) is 23.9 Å². The SMILES string of the molecule is CSCC(=O)NCCOCCOCCOCCOCCOCCOCCC(=O)N[C@H](C(=O)N[C@@H](C)C(=O)Nc1ccccc1CCC(=O)OC1CCC(CC(=O)C[C@@H]2C[C@@]3(CO3)[C@H](O)[C@@H](/C=C/C(C)=C/C[C@@H]3O[C@H](C)[C@H](NC(=O)/C=C\[C@H](C)O)C[C@@H]3C)O2)CC1)C(C)C. The van der Waals surface area contributed by atoms with E-state index in [1.807, 2.05) is 44.4 Å². The number of benzene rings is 1. The van der Waals surface area contributed by atoms with Gasteiger partial charge in [-0.15, -0.1) is 0 Å². The number of aryl methyl sites for hydroxylation is 1. The predicted molar refractivity (Wildman–Crippen MR) is 351 cm³/mol. The number of allylic oxidation sites excluding steroid dienone is 2. The number of hydrogen-bond acceptors (Lipinski definition) is 20. The number of carbonyl (C=O) groups is 7. The van der Waals surface area contributed by atoms with Gasteiger partial charge in [0.05, 0.1) is 122 Å². The number of carbonyl (C=O) groups excluding carboxylic acids is 7. The molecule has 3 aliphatic heterocycles. The summed E-state index contributed by atoms with van der Waals surface area (Å²) in [6, 6.07) is 5.13. The Labute approximate surface area is 554 Å². The predicted octanol–water partition coefficient (Wildman–Crippen LogP) is 5.04. The van der Waals surface area contributed by atoms with E-state index in [0.29, 0.717) is 129 Å². The van der Waals surface area contributed by atoms with Gasteiger partial charge in [0.1, 0.15) is 41.8 Å². The maximum Gasteiger partial charge on any atom is 0.306 e. The van der Waals surface area contributed by atoms with Crippen LogP contribution in [0, 0.1) is 17.8 Å². The maximum atomic E-state index is 13.5. The summed E-state index contributed by atoms with van der Waals surface area (Å²) in [5.74, 6) is -1.41. The van der Waals surface area contributed by atoms with Gasteiger partial charge in [-0.05, 0) is 108 Å². The molecular formula is C68H107N5O19S. The minimum absolute atomic E-state index is 0.00514. The van der Waals surface area contributed by atoms with E-state index in [4.69, 9.17) is 47.4 Å². The Balaban J connectivity index is 0.902. The van der Waals surface area contributed by atoms with Gasteiger partial charge in [-0.2, -0.15) is 11.8 Å². The average molecular weight is 1330 g/mol. The second-order valence-electron chi connectivity index (χ2n) is 25.0. The first-order valence-corrected chi connectivity index (χ1v) is 34.6. The number of amides is 5. The molecule has 93 heavy (non-hydrogen) atoms. The van der Waals surface area contributed by atoms with E-state index in [2.05, 4.69) is 39.6 Å². The standard InChI is InChI=1S/C68H107N5O19S/c1-45(2)64(73-61(77)25-27-83-29-31-85-33-35-87-37-38-88-36-34-86-32-30-84-28-26-69-62(78)43-93-8)67(82)70-49(6)66(81)72-56-12-10-9-11-52(56)18-24-63(79)92-54-19-16-51(17-20-54)40-53(75)41-55-42-68(44-89-68)65(80)59(91-55)22-14-46(3)13-21-58-47(4)39-57(50(7)90-58)71-60(76)23-15-48(5)74/h9-15,22-23,45,47-51,54-55,57-59,64-65,74,80H,16-21,24-44H2,1-8H3,(H,69,78)(H,70,82)(H,71,76)(H,72,81)(H,73,77)/b22-14+,23-15-,46-13+/t47-,48-,49-,50+,51?,54?,55+,57+,58-,59+,64-,65+,68+/m0/s1. The third-order valence-corrected chi connectivity index (χ3v) is 17.3. The molecule has 1 spiro atoms. The van der Waals surface area contributed by atoms with Crippen LogP contribution in [0.15, 0.2) is 60.2 Å². The third-order valence-electron chi connectivity index (χ3n) is 16.7. The largest absolute Gasteiger partial charge is 0.462 e. The quantitative estimate of drug-likeness (QED) is 0.0148. The molecule has 0 aromatic heterocycles. The van der Waals surface area contributed by atoms with Gasteiger partial charge in [0.25, 0.3) is 0 Å². The molecule has 1 saturated carbocycles. The molecule has 0 unspecified atom stereocenters. The van der Waals surface area contributed by atoms with E-state index in [0.717, 1.165) is 30.4 Å². The Bertz CT molecular complexity index is 2540. The van der Waals surface area contributed by atoms with Crippen molar-refractivity contribution >= 4 is 58.7 Å². The molecule has 1 aliphatic carbocycles. The number of ketones is 1. The van der Waals surface area contributed by atoms with Crippen molar-refractivity contribution in [3.63, 3.8) is 0 Å². The number of hydrogen-bond donors (Lipinski definition) is 7. The minimum atomic E-state index is -0.959. The highest BCUT2D eigenvalue weighted by Crippen LogP contribution is 2.44. The molecule has 7 N–H and O–H groups in total. The van der Waals surface area contributed by atoms with Crippen LogP contribution in [0.1, 0.15) is 125 Å². The Morgan fingerprint density at radius 2 is 1.39 bits per heavy atom. The molecule has 5 amide bonds. The van der Waals surface area contributed by atoms with Crippen LogP contribution in [0.2, 0.25) is 0 Å². The van der Waals surface area contributed by atoms with Crippen molar-refractivity contribution in [1.29, 1.82) is 0 Å². The average Bonchev–Trinajstić information content (AvgIpc) is 1.60. The lowest BCUT2D eigenvalue weighted by Gasteiger charge is -2.39. The first-order valence-electron chi connectivity index (χ1n) is 33.2. The van der Waals surface area contributed by atoms with Gasteiger partial charge in [0.15, 0.2) is 0 Å². The molecule has 5 rings (SSSR count). The summed E-state index contributed by atoms with van der Waals surface area (Å²) >= 11 is 1.47. The molecule has 4 fully saturated rings. The lowest BCUT2D eigenvalue weighted by molar-refractivity contribution is -0.151. The summed E-state index contributed by atoms with van der Waals surface area (Å²) in [5, 5.41) is 34.9. The van der Waals surface area contributed by atoms with Crippen LogP contribution in [0.3, 0.4) is 0 Å². The van der Waals surface area contributed by atoms with Gasteiger partial charge in [-0.1, -0.05) is 68.8 Å². The number of rotatable bonds is 44. The van der Waals surface area contributed by atoms with Crippen molar-refractivity contribution in [2.75, 3.05) is 110 Å². The van der Waals surface area contributed by atoms with Gasteiger partial charge < -0.3 is 84.2 Å². The van der Waals surface area contributed by atoms with Crippen molar-refractivity contribution < 1.29 is 91.1 Å². The Hall–Kier alpha value is -5.16. The van der Waals surface area contributed by atoms with Crippen LogP contribution in [0.4, 0.5) is 5.69 Å². The van der Waals surface area contributed by atoms with Gasteiger partial charge in [-0.3, -0.25) is 33.6 Å². The van der Waals surface area contributed by atoms with Gasteiger partial charge >= 0.3 is 5.97 Å². The van der Waals surface area contributed by atoms with Crippen molar-refractivity contribution in [3.05, 3.63) is 65.8 Å². The fraction of sp³-hybridized carbons (Fsp3) is 0.721. The van der Waals surface area contributed by atoms with E-state index < -0.39 is 53.9 Å². The number of Topliss-reactive ketones (excluding diaryl/α,β-unsaturated/α-hetero) is 1. The minimum Gasteiger partial charge on any atom is -0.462 e. The Kier molecular flexibility index (Phi) is 36.4. The second kappa shape index (κ2) is 43.1. The van der Waals surface area contributed by atoms with Crippen molar-refractivity contribution in [2.24, 2.45) is 17.8 Å². The summed E-state index contributed by atoms with van der Waals surface area (Å²) < 4.78 is 57.3. The zero-order valence-corrected chi connectivity index (χ0v) is 56.9. The first kappa shape index (κ1) is 78.5. The number of epoxide rings is 1. The van der Waals surface area contributed by atoms with Crippen LogP contribution >= 0.6 is 11.8 Å². The molecule has 25 heteroatoms. The first-order chi connectivity index (χ1) is 44.6. The van der Waals surface area contributed by atoms with Gasteiger partial charge in [0.2, 0.25) is 29.5 Å². The molecule has 3 heterocycles. The third kappa shape index (κ3) is 30.6. The summed E-state index contributed by atoms with van der Waals surface area (Å²) in [6.07, 6.45) is 13.0. The molecule has 1 aromatic carbocycles. The van der Waals surface area contributed by atoms with E-state index >= 15 is 0 Å². The van der Waals surface area contributed by atoms with Crippen molar-refractivity contribution in [1.82, 2.24) is 21.3 Å². The van der Waals surface area contributed by atoms with Crippen LogP contribution in [-0.4, -0.2) is 222 Å². The zero-order chi connectivity index (χ0) is 67.5. The van der Waals surface area contributed by atoms with Crippen molar-refractivity contribution in [3.8, 4) is 0 Å². The molecular weight excluding hydrogens is 1220 g/mol. The van der Waals surface area contributed by atoms with Crippen LogP contribution < -0.4 is 26.6 Å². The number of aliphatic hydroxyl groups is 2. The van der Waals surface area contributed by atoms with Crippen LogP contribution in [0.25, 0.3) is 0 Å². The zero-order valence-electron chi connectivity index (χ0n) is 56.0. The molecule has 24 nitrogen and oxygen atoms in total. The fourth-order valence-electron chi connectivity index (χ4n) is 11.2. The highest BCUT2D eigenvalue weighted by molar-refractivity contribution is 7.99. The number of nitrogens with one attached hydrogen (secondary N) is 5. The lowest BCUT2D eigenvalue weighted by Crippen LogP contribution is -2.53. The number of thioether (sulfide) groups is 1. The van der Waals surface area contributed by atoms with Crippen molar-refractivity contribution in [2.45, 2.75) is 192 Å². The maximum absolute atomic E-state index is 13.5. The highest BCUT2D eigenvalue weighted by Gasteiger charge is 2.58. The summed E-state index contributed by atoms with van der Waals surface area (Å²) in [4.78, 5) is 90.1. The Morgan fingerprint density at radius 1 is 0.763 bits per heavy atom. The molecule has 11 atom stereocenters. The number of aliphatic hydroxyl groups excluding tert-OH is 2. The monoisotopic (exact) mass is 1330 g/mol. The number of ether oxygens (including phenoxy) is 10. The van der Waals surface area contributed by atoms with Crippen LogP contribution in [-0.2, 0) is 87.4 Å². The topological polar surface area (TPSA) is 316 Å². The molecule has 1 aromatic rings. The van der Waals surface area contributed by atoms with Gasteiger partial charge in [0, 0.05) is 50.4 Å². The van der Waals surface area contributed by atoms with E-state index in [-0.39, 0.29) is 104 Å². The summed E-state index contributed by atoms with van der Waals surface area (Å²) in [7, 11) is 0. The molecule has 524 valence electrons. The number of para-hydroxylation sites is 1. The molecule has 0 bridgehead atoms. The van der Waals surface area contributed by atoms with E-state index in [9.17, 15) is 43.8 Å².